The van der Waals surface area contributed by atoms with Gasteiger partial charge in [-0.05, 0) is 38.0 Å². The van der Waals surface area contributed by atoms with Crippen molar-refractivity contribution in [3.05, 3.63) is 60.4 Å². The first-order chi connectivity index (χ1) is 15.1. The maximum Gasteiger partial charge on any atom is 0.191 e. The van der Waals surface area contributed by atoms with Crippen LogP contribution in [0.1, 0.15) is 24.5 Å². The molecule has 3 rings (SSSR count). The van der Waals surface area contributed by atoms with Crippen LogP contribution in [0.15, 0.2) is 53.8 Å². The van der Waals surface area contributed by atoms with Gasteiger partial charge < -0.3 is 20.1 Å². The van der Waals surface area contributed by atoms with Crippen molar-refractivity contribution in [2.75, 3.05) is 31.6 Å². The molecular formula is C22H34IN9. The molecule has 0 atom stereocenters. The highest BCUT2D eigenvalue weighted by atomic mass is 127. The summed E-state index contributed by atoms with van der Waals surface area (Å²) in [6.45, 7) is 5.91. The third kappa shape index (κ3) is 8.13. The number of para-hydroxylation sites is 1. The number of anilines is 1. The predicted octanol–water partition coefficient (Wildman–Crippen LogP) is 2.59. The number of rotatable bonds is 11. The average Bonchev–Trinajstić information content (AvgIpc) is 3.42. The molecule has 0 amide bonds. The van der Waals surface area contributed by atoms with Crippen LogP contribution in [0.5, 0.6) is 0 Å². The standard InChI is InChI=1S/C22H33N9.HI/c1-19-27-28-21(30(19)3)18-25-22(24-13-8-16-31-17-9-14-26-31)23-12-7-15-29(2)20-10-5-4-6-11-20;/h4-6,9-11,14,17H,7-8,12-13,15-16,18H2,1-3H3,(H2,23,24,25);1H. The molecule has 0 spiro atoms. The maximum atomic E-state index is 4.71. The maximum absolute atomic E-state index is 4.71. The van der Waals surface area contributed by atoms with E-state index in [2.05, 4.69) is 62.1 Å². The van der Waals surface area contributed by atoms with Crippen molar-refractivity contribution >= 4 is 35.6 Å². The molecule has 32 heavy (non-hydrogen) atoms. The summed E-state index contributed by atoms with van der Waals surface area (Å²) < 4.78 is 3.90. The number of benzene rings is 1. The SMILES string of the molecule is Cc1nnc(CN=C(NCCCN(C)c2ccccc2)NCCCn2cccn2)n1C.I. The zero-order valence-electron chi connectivity index (χ0n) is 19.1. The molecule has 0 aliphatic heterocycles. The average molecular weight is 551 g/mol. The Labute approximate surface area is 207 Å². The van der Waals surface area contributed by atoms with Gasteiger partial charge in [-0.2, -0.15) is 5.10 Å². The van der Waals surface area contributed by atoms with Gasteiger partial charge in [-0.3, -0.25) is 4.68 Å². The van der Waals surface area contributed by atoms with Crippen molar-refractivity contribution in [3.63, 3.8) is 0 Å². The summed E-state index contributed by atoms with van der Waals surface area (Å²) in [4.78, 5) is 6.97. The van der Waals surface area contributed by atoms with Gasteiger partial charge in [-0.1, -0.05) is 18.2 Å². The Bertz CT molecular complexity index is 922. The van der Waals surface area contributed by atoms with Gasteiger partial charge >= 0.3 is 0 Å². The first-order valence-corrected chi connectivity index (χ1v) is 10.7. The Balaban J connectivity index is 0.00000363. The second kappa shape index (κ2) is 13.7. The van der Waals surface area contributed by atoms with Gasteiger partial charge in [0.15, 0.2) is 11.8 Å². The number of halogens is 1. The minimum absolute atomic E-state index is 0. The van der Waals surface area contributed by atoms with E-state index >= 15 is 0 Å². The fourth-order valence-corrected chi connectivity index (χ4v) is 3.13. The zero-order valence-corrected chi connectivity index (χ0v) is 21.4. The van der Waals surface area contributed by atoms with Gasteiger partial charge in [0.05, 0.1) is 0 Å². The van der Waals surface area contributed by atoms with E-state index in [-0.39, 0.29) is 24.0 Å². The van der Waals surface area contributed by atoms with E-state index in [0.717, 1.165) is 56.6 Å². The van der Waals surface area contributed by atoms with Gasteiger partial charge in [0.25, 0.3) is 0 Å². The van der Waals surface area contributed by atoms with Gasteiger partial charge in [-0.15, -0.1) is 34.2 Å². The number of nitrogens with one attached hydrogen (secondary N) is 2. The minimum atomic E-state index is 0. The van der Waals surface area contributed by atoms with E-state index < -0.39 is 0 Å². The molecular weight excluding hydrogens is 517 g/mol. The highest BCUT2D eigenvalue weighted by Crippen LogP contribution is 2.10. The van der Waals surface area contributed by atoms with Crippen LogP contribution >= 0.6 is 24.0 Å². The van der Waals surface area contributed by atoms with Crippen LogP contribution in [0.25, 0.3) is 0 Å². The molecule has 0 fully saturated rings. The summed E-state index contributed by atoms with van der Waals surface area (Å²) >= 11 is 0. The smallest absolute Gasteiger partial charge is 0.191 e. The predicted molar refractivity (Wildman–Crippen MR) is 139 cm³/mol. The van der Waals surface area contributed by atoms with E-state index in [1.54, 1.807) is 6.20 Å². The van der Waals surface area contributed by atoms with Crippen LogP contribution < -0.4 is 15.5 Å². The van der Waals surface area contributed by atoms with Crippen LogP contribution in [0.4, 0.5) is 5.69 Å². The Kier molecular flexibility index (Phi) is 11.0. The second-order valence-electron chi connectivity index (χ2n) is 7.47. The lowest BCUT2D eigenvalue weighted by atomic mass is 10.3. The van der Waals surface area contributed by atoms with Gasteiger partial charge in [0.1, 0.15) is 12.4 Å². The number of hydrogen-bond donors (Lipinski definition) is 2. The first kappa shape index (κ1) is 25.6. The first-order valence-electron chi connectivity index (χ1n) is 10.7. The molecule has 10 heteroatoms. The summed E-state index contributed by atoms with van der Waals surface area (Å²) in [5.41, 5.74) is 1.23. The molecule has 9 nitrogen and oxygen atoms in total. The Morgan fingerprint density at radius 1 is 1.06 bits per heavy atom. The fourth-order valence-electron chi connectivity index (χ4n) is 3.13. The number of guanidine groups is 1. The molecule has 0 radical (unpaired) electrons. The zero-order chi connectivity index (χ0) is 21.9. The summed E-state index contributed by atoms with van der Waals surface area (Å²) in [6.07, 6.45) is 5.74. The topological polar surface area (TPSA) is 88.2 Å². The Morgan fingerprint density at radius 3 is 2.47 bits per heavy atom. The largest absolute Gasteiger partial charge is 0.375 e. The summed E-state index contributed by atoms with van der Waals surface area (Å²) in [5, 5.41) is 19.4. The molecule has 174 valence electrons. The van der Waals surface area contributed by atoms with E-state index in [9.17, 15) is 0 Å². The van der Waals surface area contributed by atoms with Crippen molar-refractivity contribution in [1.29, 1.82) is 0 Å². The van der Waals surface area contributed by atoms with Gasteiger partial charge in [0, 0.05) is 58.4 Å². The number of aryl methyl sites for hydroxylation is 2. The third-order valence-corrected chi connectivity index (χ3v) is 5.14. The summed E-state index contributed by atoms with van der Waals surface area (Å²) in [5.74, 6) is 2.53. The van der Waals surface area contributed by atoms with Crippen LogP contribution in [-0.2, 0) is 20.1 Å². The van der Waals surface area contributed by atoms with E-state index in [4.69, 9.17) is 4.99 Å². The van der Waals surface area contributed by atoms with Crippen molar-refractivity contribution in [2.45, 2.75) is 32.9 Å². The van der Waals surface area contributed by atoms with Crippen molar-refractivity contribution in [2.24, 2.45) is 12.0 Å². The molecule has 0 aliphatic rings. The summed E-state index contributed by atoms with van der Waals surface area (Å²) in [7, 11) is 4.08. The Morgan fingerprint density at radius 2 is 1.81 bits per heavy atom. The molecule has 0 bridgehead atoms. The highest BCUT2D eigenvalue weighted by Gasteiger charge is 2.06. The minimum Gasteiger partial charge on any atom is -0.375 e. The lowest BCUT2D eigenvalue weighted by Crippen LogP contribution is -2.39. The normalized spacial score (nSPS) is 11.2. The molecule has 0 saturated heterocycles. The monoisotopic (exact) mass is 551 g/mol. The Hall–Kier alpha value is -2.63. The number of nitrogens with zero attached hydrogens (tertiary/aromatic N) is 7. The molecule has 2 N–H and O–H groups in total. The van der Waals surface area contributed by atoms with E-state index in [1.807, 2.05) is 41.5 Å². The van der Waals surface area contributed by atoms with Crippen LogP contribution in [0.3, 0.4) is 0 Å². The molecule has 1 aromatic carbocycles. The fraction of sp³-hybridized carbons (Fsp3) is 0.455. The number of aromatic nitrogens is 5. The van der Waals surface area contributed by atoms with Crippen molar-refractivity contribution < 1.29 is 0 Å². The second-order valence-corrected chi connectivity index (χ2v) is 7.47. The van der Waals surface area contributed by atoms with Crippen LogP contribution in [0, 0.1) is 6.92 Å². The van der Waals surface area contributed by atoms with Gasteiger partial charge in [0.2, 0.25) is 0 Å². The lowest BCUT2D eigenvalue weighted by Gasteiger charge is -2.19. The summed E-state index contributed by atoms with van der Waals surface area (Å²) in [6, 6.07) is 12.4. The van der Waals surface area contributed by atoms with Crippen LogP contribution in [0.2, 0.25) is 0 Å². The van der Waals surface area contributed by atoms with E-state index in [1.165, 1.54) is 5.69 Å². The molecule has 0 saturated carbocycles. The molecule has 3 aromatic rings. The van der Waals surface area contributed by atoms with E-state index in [0.29, 0.717) is 6.54 Å². The molecule has 0 aliphatic carbocycles. The third-order valence-electron chi connectivity index (χ3n) is 5.14. The van der Waals surface area contributed by atoms with Crippen LogP contribution in [-0.4, -0.2) is 57.2 Å². The van der Waals surface area contributed by atoms with Gasteiger partial charge in [-0.25, -0.2) is 4.99 Å². The molecule has 2 aromatic heterocycles. The quantitative estimate of drug-likeness (QED) is 0.165. The van der Waals surface area contributed by atoms with Crippen molar-refractivity contribution in [3.8, 4) is 0 Å². The lowest BCUT2D eigenvalue weighted by molar-refractivity contribution is 0.569. The number of hydrogen-bond acceptors (Lipinski definition) is 5. The number of aliphatic imine (C=N–C) groups is 1. The highest BCUT2D eigenvalue weighted by molar-refractivity contribution is 14.0. The van der Waals surface area contributed by atoms with Crippen molar-refractivity contribution in [1.82, 2.24) is 35.2 Å². The molecule has 2 heterocycles. The molecule has 0 unspecified atom stereocenters.